The van der Waals surface area contributed by atoms with Crippen molar-refractivity contribution in [2.45, 2.75) is 52.9 Å². The molecule has 0 aliphatic heterocycles. The van der Waals surface area contributed by atoms with Crippen LogP contribution in [0.5, 0.6) is 0 Å². The maximum Gasteiger partial charge on any atom is 0.225 e. The van der Waals surface area contributed by atoms with Crippen LogP contribution in [-0.2, 0) is 4.79 Å². The third kappa shape index (κ3) is 3.00. The Morgan fingerprint density at radius 2 is 2.07 bits per heavy atom. The van der Waals surface area contributed by atoms with Crippen molar-refractivity contribution >= 4 is 5.91 Å². The fraction of sp³-hybridized carbons (Fsp3) is 0.917. The molecule has 82 valence electrons. The number of hydrogen-bond donors (Lipinski definition) is 1. The van der Waals surface area contributed by atoms with Gasteiger partial charge in [-0.2, -0.15) is 0 Å². The third-order valence-electron chi connectivity index (χ3n) is 3.25. The molecule has 0 aromatic heterocycles. The smallest absolute Gasteiger partial charge is 0.225 e. The van der Waals surface area contributed by atoms with Gasteiger partial charge in [0, 0.05) is 12.0 Å². The standard InChI is InChI=1S/C12H23NO/c1-10(2)6-4-9-13-11(14)12(3)7-5-8-12/h10H,4-9H2,1-3H3,(H,13,14). The second-order valence-electron chi connectivity index (χ2n) is 5.21. The van der Waals surface area contributed by atoms with Gasteiger partial charge in [-0.25, -0.2) is 0 Å². The molecule has 2 nitrogen and oxygen atoms in total. The molecule has 1 aliphatic rings. The van der Waals surface area contributed by atoms with Crippen LogP contribution in [0.15, 0.2) is 0 Å². The summed E-state index contributed by atoms with van der Waals surface area (Å²) in [7, 11) is 0. The largest absolute Gasteiger partial charge is 0.356 e. The fourth-order valence-electron chi connectivity index (χ4n) is 1.86. The van der Waals surface area contributed by atoms with E-state index in [0.29, 0.717) is 0 Å². The predicted molar refractivity (Wildman–Crippen MR) is 59.0 cm³/mol. The van der Waals surface area contributed by atoms with Gasteiger partial charge < -0.3 is 5.32 Å². The van der Waals surface area contributed by atoms with Crippen LogP contribution < -0.4 is 5.32 Å². The summed E-state index contributed by atoms with van der Waals surface area (Å²) in [4.78, 5) is 11.7. The lowest BCUT2D eigenvalue weighted by Crippen LogP contribution is -2.43. The van der Waals surface area contributed by atoms with Crippen LogP contribution in [0.3, 0.4) is 0 Å². The van der Waals surface area contributed by atoms with Gasteiger partial charge in [-0.05, 0) is 31.6 Å². The molecule has 1 saturated carbocycles. The van der Waals surface area contributed by atoms with Crippen molar-refractivity contribution in [3.8, 4) is 0 Å². The molecule has 0 spiro atoms. The van der Waals surface area contributed by atoms with Crippen LogP contribution in [0.25, 0.3) is 0 Å². The van der Waals surface area contributed by atoms with E-state index in [2.05, 4.69) is 26.1 Å². The summed E-state index contributed by atoms with van der Waals surface area (Å²) in [5.41, 5.74) is -0.0299. The molecule has 2 heteroatoms. The highest BCUT2D eigenvalue weighted by Gasteiger charge is 2.38. The van der Waals surface area contributed by atoms with Gasteiger partial charge in [0.2, 0.25) is 5.91 Å². The normalized spacial score (nSPS) is 19.1. The number of nitrogens with one attached hydrogen (secondary N) is 1. The average molecular weight is 197 g/mol. The first-order chi connectivity index (χ1) is 6.54. The van der Waals surface area contributed by atoms with E-state index in [1.54, 1.807) is 0 Å². The van der Waals surface area contributed by atoms with Gasteiger partial charge in [-0.3, -0.25) is 4.79 Å². The van der Waals surface area contributed by atoms with E-state index in [1.165, 1.54) is 12.8 Å². The molecule has 0 aromatic carbocycles. The van der Waals surface area contributed by atoms with Crippen molar-refractivity contribution in [1.82, 2.24) is 5.32 Å². The lowest BCUT2D eigenvalue weighted by atomic mass is 9.70. The molecule has 0 heterocycles. The van der Waals surface area contributed by atoms with Crippen LogP contribution in [0.1, 0.15) is 52.9 Å². The minimum atomic E-state index is -0.0299. The Kier molecular flexibility index (Phi) is 3.97. The van der Waals surface area contributed by atoms with Gasteiger partial charge in [0.15, 0.2) is 0 Å². The maximum atomic E-state index is 11.7. The van der Waals surface area contributed by atoms with Crippen molar-refractivity contribution in [2.75, 3.05) is 6.54 Å². The lowest BCUT2D eigenvalue weighted by molar-refractivity contribution is -0.134. The predicted octanol–water partition coefficient (Wildman–Crippen LogP) is 2.73. The molecule has 1 rings (SSSR count). The van der Waals surface area contributed by atoms with Gasteiger partial charge in [0.25, 0.3) is 0 Å². The highest BCUT2D eigenvalue weighted by atomic mass is 16.2. The molecule has 0 atom stereocenters. The highest BCUT2D eigenvalue weighted by Crippen LogP contribution is 2.40. The molecule has 1 amide bonds. The van der Waals surface area contributed by atoms with Gasteiger partial charge in [0.05, 0.1) is 0 Å². The summed E-state index contributed by atoms with van der Waals surface area (Å²) < 4.78 is 0. The van der Waals surface area contributed by atoms with E-state index in [1.807, 2.05) is 0 Å². The van der Waals surface area contributed by atoms with E-state index in [4.69, 9.17) is 0 Å². The summed E-state index contributed by atoms with van der Waals surface area (Å²) in [5, 5.41) is 3.04. The Hall–Kier alpha value is -0.530. The number of carbonyl (C=O) groups excluding carboxylic acids is 1. The molecule has 1 N–H and O–H groups in total. The molecule has 1 aliphatic carbocycles. The quantitative estimate of drug-likeness (QED) is 0.675. The zero-order valence-corrected chi connectivity index (χ0v) is 9.73. The zero-order chi connectivity index (χ0) is 10.6. The van der Waals surface area contributed by atoms with Crippen LogP contribution >= 0.6 is 0 Å². The van der Waals surface area contributed by atoms with Gasteiger partial charge in [-0.15, -0.1) is 0 Å². The summed E-state index contributed by atoms with van der Waals surface area (Å²) in [6, 6.07) is 0. The van der Waals surface area contributed by atoms with Crippen LogP contribution in [-0.4, -0.2) is 12.5 Å². The number of rotatable bonds is 5. The number of amides is 1. The number of hydrogen-bond acceptors (Lipinski definition) is 1. The van der Waals surface area contributed by atoms with E-state index < -0.39 is 0 Å². The van der Waals surface area contributed by atoms with Crippen molar-refractivity contribution < 1.29 is 4.79 Å². The Balaban J connectivity index is 2.09. The summed E-state index contributed by atoms with van der Waals surface area (Å²) in [6.07, 6.45) is 5.68. The molecule has 0 saturated heterocycles. The van der Waals surface area contributed by atoms with Gasteiger partial charge >= 0.3 is 0 Å². The lowest BCUT2D eigenvalue weighted by Gasteiger charge is -2.36. The van der Waals surface area contributed by atoms with E-state index in [-0.39, 0.29) is 11.3 Å². The van der Waals surface area contributed by atoms with Crippen molar-refractivity contribution in [1.29, 1.82) is 0 Å². The highest BCUT2D eigenvalue weighted by molar-refractivity contribution is 5.82. The minimum absolute atomic E-state index is 0.0299. The van der Waals surface area contributed by atoms with E-state index in [9.17, 15) is 4.79 Å². The molecule has 1 fully saturated rings. The van der Waals surface area contributed by atoms with E-state index >= 15 is 0 Å². The summed E-state index contributed by atoms with van der Waals surface area (Å²) >= 11 is 0. The van der Waals surface area contributed by atoms with Crippen LogP contribution in [0, 0.1) is 11.3 Å². The van der Waals surface area contributed by atoms with Gasteiger partial charge in [-0.1, -0.05) is 27.2 Å². The Labute approximate surface area is 87.5 Å². The molecule has 14 heavy (non-hydrogen) atoms. The number of carbonyl (C=O) groups is 1. The van der Waals surface area contributed by atoms with Gasteiger partial charge in [0.1, 0.15) is 0 Å². The zero-order valence-electron chi connectivity index (χ0n) is 9.73. The van der Waals surface area contributed by atoms with Crippen molar-refractivity contribution in [3.05, 3.63) is 0 Å². The monoisotopic (exact) mass is 197 g/mol. The maximum absolute atomic E-state index is 11.7. The second kappa shape index (κ2) is 4.81. The third-order valence-corrected chi connectivity index (χ3v) is 3.25. The molecular formula is C12H23NO. The first-order valence-corrected chi connectivity index (χ1v) is 5.83. The van der Waals surface area contributed by atoms with Crippen LogP contribution in [0.2, 0.25) is 0 Å². The molecule has 0 unspecified atom stereocenters. The van der Waals surface area contributed by atoms with Crippen molar-refractivity contribution in [2.24, 2.45) is 11.3 Å². The molecule has 0 radical (unpaired) electrons. The Morgan fingerprint density at radius 1 is 1.43 bits per heavy atom. The average Bonchev–Trinajstić information content (AvgIpc) is 2.07. The summed E-state index contributed by atoms with van der Waals surface area (Å²) in [5.74, 6) is 1.01. The fourth-order valence-corrected chi connectivity index (χ4v) is 1.86. The molecular weight excluding hydrogens is 174 g/mol. The van der Waals surface area contributed by atoms with E-state index in [0.717, 1.165) is 31.7 Å². The molecule has 0 aromatic rings. The first kappa shape index (κ1) is 11.5. The molecule has 0 bridgehead atoms. The SMILES string of the molecule is CC(C)CCCNC(=O)C1(C)CCC1. The van der Waals surface area contributed by atoms with Crippen LogP contribution in [0.4, 0.5) is 0 Å². The minimum Gasteiger partial charge on any atom is -0.356 e. The first-order valence-electron chi connectivity index (χ1n) is 5.83. The Morgan fingerprint density at radius 3 is 2.50 bits per heavy atom. The summed E-state index contributed by atoms with van der Waals surface area (Å²) in [6.45, 7) is 7.37. The second-order valence-corrected chi connectivity index (χ2v) is 5.21. The van der Waals surface area contributed by atoms with Crippen molar-refractivity contribution in [3.63, 3.8) is 0 Å². The topological polar surface area (TPSA) is 29.1 Å². The Bertz CT molecular complexity index is 194.